The first-order valence-corrected chi connectivity index (χ1v) is 6.33. The molecular formula is C12H18N4O. The van der Waals surface area contributed by atoms with Crippen LogP contribution in [0.2, 0.25) is 0 Å². The van der Waals surface area contributed by atoms with Crippen LogP contribution in [-0.2, 0) is 6.42 Å². The number of nitrogens with zero attached hydrogens (tertiary/aromatic N) is 2. The molecule has 0 amide bonds. The number of hydrogen-bond acceptors (Lipinski definition) is 4. The molecule has 0 aliphatic carbocycles. The van der Waals surface area contributed by atoms with Crippen molar-refractivity contribution < 1.29 is 0 Å². The zero-order valence-corrected chi connectivity index (χ0v) is 10.1. The lowest BCUT2D eigenvalue weighted by molar-refractivity contribution is 0.182. The Bertz CT molecular complexity index is 482. The quantitative estimate of drug-likeness (QED) is 0.757. The summed E-state index contributed by atoms with van der Waals surface area (Å²) in [5.74, 6) is 0.794. The predicted molar refractivity (Wildman–Crippen MR) is 66.3 cm³/mol. The maximum Gasteiger partial charge on any atom is 0.347 e. The number of rotatable bonds is 1. The maximum atomic E-state index is 11.6. The number of anilines is 1. The summed E-state index contributed by atoms with van der Waals surface area (Å²) >= 11 is 0. The molecule has 3 heterocycles. The van der Waals surface area contributed by atoms with Crippen LogP contribution >= 0.6 is 0 Å². The van der Waals surface area contributed by atoms with E-state index in [4.69, 9.17) is 0 Å². The molecule has 3 rings (SSSR count). The number of hydrogen-bond donors (Lipinski definition) is 2. The Morgan fingerprint density at radius 2 is 2.29 bits per heavy atom. The number of piperidine rings is 1. The van der Waals surface area contributed by atoms with Crippen molar-refractivity contribution in [1.29, 1.82) is 0 Å². The van der Waals surface area contributed by atoms with Crippen molar-refractivity contribution in [3.8, 4) is 0 Å². The van der Waals surface area contributed by atoms with Crippen molar-refractivity contribution >= 4 is 5.82 Å². The first-order valence-electron chi connectivity index (χ1n) is 6.33. The van der Waals surface area contributed by atoms with Gasteiger partial charge in [-0.25, -0.2) is 4.79 Å². The molecule has 1 atom stereocenters. The molecule has 2 aliphatic rings. The van der Waals surface area contributed by atoms with Gasteiger partial charge in [0.05, 0.1) is 6.04 Å². The van der Waals surface area contributed by atoms with E-state index in [1.54, 1.807) is 0 Å². The third-order valence-electron chi connectivity index (χ3n) is 3.84. The van der Waals surface area contributed by atoms with Crippen LogP contribution < -0.4 is 11.0 Å². The maximum absolute atomic E-state index is 11.6. The Kier molecular flexibility index (Phi) is 2.63. The summed E-state index contributed by atoms with van der Waals surface area (Å²) in [6.07, 6.45) is 4.59. The van der Waals surface area contributed by atoms with Crippen LogP contribution in [0, 0.1) is 0 Å². The van der Waals surface area contributed by atoms with Crippen LogP contribution in [0.1, 0.15) is 36.6 Å². The number of fused-ring (bicyclic) bond motifs is 1. The Balaban J connectivity index is 2.04. The first kappa shape index (κ1) is 10.8. The summed E-state index contributed by atoms with van der Waals surface area (Å²) < 4.78 is 0. The van der Waals surface area contributed by atoms with E-state index >= 15 is 0 Å². The van der Waals surface area contributed by atoms with Crippen molar-refractivity contribution in [3.05, 3.63) is 21.7 Å². The minimum absolute atomic E-state index is 0.230. The Morgan fingerprint density at radius 1 is 1.41 bits per heavy atom. The topological polar surface area (TPSA) is 61.0 Å². The molecule has 5 heteroatoms. The van der Waals surface area contributed by atoms with Crippen molar-refractivity contribution in [2.75, 3.05) is 25.5 Å². The summed E-state index contributed by atoms with van der Waals surface area (Å²) in [4.78, 5) is 20.9. The molecule has 1 unspecified atom stereocenters. The van der Waals surface area contributed by atoms with Gasteiger partial charge in [-0.3, -0.25) is 4.90 Å². The van der Waals surface area contributed by atoms with Gasteiger partial charge in [0, 0.05) is 17.8 Å². The van der Waals surface area contributed by atoms with Gasteiger partial charge in [0.1, 0.15) is 5.82 Å². The van der Waals surface area contributed by atoms with Crippen LogP contribution in [0.3, 0.4) is 0 Å². The molecule has 5 nitrogen and oxygen atoms in total. The molecule has 1 fully saturated rings. The third-order valence-corrected chi connectivity index (χ3v) is 3.84. The van der Waals surface area contributed by atoms with Gasteiger partial charge >= 0.3 is 5.69 Å². The lowest BCUT2D eigenvalue weighted by Gasteiger charge is -2.33. The van der Waals surface area contributed by atoms with Gasteiger partial charge < -0.3 is 10.3 Å². The minimum Gasteiger partial charge on any atom is -0.369 e. The van der Waals surface area contributed by atoms with Crippen LogP contribution in [0.25, 0.3) is 0 Å². The number of likely N-dealkylation sites (tertiary alicyclic amines) is 1. The summed E-state index contributed by atoms with van der Waals surface area (Å²) in [7, 11) is 2.14. The van der Waals surface area contributed by atoms with E-state index in [-0.39, 0.29) is 5.69 Å². The molecule has 1 aromatic heterocycles. The second kappa shape index (κ2) is 4.14. The Hall–Kier alpha value is -1.36. The first-order chi connectivity index (χ1) is 8.25. The summed E-state index contributed by atoms with van der Waals surface area (Å²) in [6.45, 7) is 2.00. The van der Waals surface area contributed by atoms with Crippen LogP contribution in [0.4, 0.5) is 5.82 Å². The van der Waals surface area contributed by atoms with Gasteiger partial charge in [0.2, 0.25) is 0 Å². The second-order valence-electron chi connectivity index (χ2n) is 4.95. The molecule has 92 valence electrons. The van der Waals surface area contributed by atoms with Crippen LogP contribution in [0.5, 0.6) is 0 Å². The highest BCUT2D eigenvalue weighted by Crippen LogP contribution is 2.33. The van der Waals surface area contributed by atoms with E-state index in [0.717, 1.165) is 37.4 Å². The van der Waals surface area contributed by atoms with E-state index in [1.165, 1.54) is 18.4 Å². The fourth-order valence-electron chi connectivity index (χ4n) is 2.94. The predicted octanol–water partition coefficient (Wildman–Crippen LogP) is 0.895. The number of nitrogens with one attached hydrogen (secondary N) is 2. The van der Waals surface area contributed by atoms with E-state index in [2.05, 4.69) is 27.2 Å². The monoisotopic (exact) mass is 234 g/mol. The minimum atomic E-state index is -0.230. The molecule has 2 aliphatic heterocycles. The second-order valence-corrected chi connectivity index (χ2v) is 4.95. The number of H-pyrrole nitrogens is 1. The summed E-state index contributed by atoms with van der Waals surface area (Å²) in [5, 5.41) is 3.19. The average molecular weight is 234 g/mol. The van der Waals surface area contributed by atoms with Gasteiger partial charge in [0.25, 0.3) is 0 Å². The fraction of sp³-hybridized carbons (Fsp3) is 0.667. The smallest absolute Gasteiger partial charge is 0.347 e. The van der Waals surface area contributed by atoms with Gasteiger partial charge in [-0.05, 0) is 32.9 Å². The highest BCUT2D eigenvalue weighted by molar-refractivity contribution is 5.51. The SMILES string of the molecule is CN1CCCCC1c1[nH]c(=O)nc2c1CCN2. The van der Waals surface area contributed by atoms with E-state index in [0.29, 0.717) is 6.04 Å². The highest BCUT2D eigenvalue weighted by Gasteiger charge is 2.27. The molecule has 2 N–H and O–H groups in total. The molecule has 0 saturated carbocycles. The van der Waals surface area contributed by atoms with Crippen molar-refractivity contribution in [2.45, 2.75) is 31.7 Å². The van der Waals surface area contributed by atoms with Crippen molar-refractivity contribution in [2.24, 2.45) is 0 Å². The molecule has 0 aromatic carbocycles. The summed E-state index contributed by atoms with van der Waals surface area (Å²) in [5.41, 5.74) is 2.07. The van der Waals surface area contributed by atoms with Gasteiger partial charge in [-0.1, -0.05) is 6.42 Å². The Labute approximate surface area is 100 Å². The molecular weight excluding hydrogens is 216 g/mol. The van der Waals surface area contributed by atoms with Crippen molar-refractivity contribution in [1.82, 2.24) is 14.9 Å². The molecule has 0 bridgehead atoms. The van der Waals surface area contributed by atoms with Gasteiger partial charge in [-0.15, -0.1) is 0 Å². The molecule has 0 spiro atoms. The fourth-order valence-corrected chi connectivity index (χ4v) is 2.94. The number of aromatic amines is 1. The molecule has 1 saturated heterocycles. The lowest BCUT2D eigenvalue weighted by Crippen LogP contribution is -2.32. The Morgan fingerprint density at radius 3 is 3.12 bits per heavy atom. The average Bonchev–Trinajstić information content (AvgIpc) is 2.76. The van der Waals surface area contributed by atoms with E-state index in [9.17, 15) is 4.79 Å². The molecule has 17 heavy (non-hydrogen) atoms. The van der Waals surface area contributed by atoms with E-state index in [1.807, 2.05) is 0 Å². The van der Waals surface area contributed by atoms with E-state index < -0.39 is 0 Å². The molecule has 0 radical (unpaired) electrons. The van der Waals surface area contributed by atoms with Crippen LogP contribution in [-0.4, -0.2) is 35.0 Å². The zero-order chi connectivity index (χ0) is 11.8. The lowest BCUT2D eigenvalue weighted by atomic mass is 9.96. The normalized spacial score (nSPS) is 24.4. The van der Waals surface area contributed by atoms with Gasteiger partial charge in [-0.2, -0.15) is 4.98 Å². The van der Waals surface area contributed by atoms with Crippen LogP contribution in [0.15, 0.2) is 4.79 Å². The summed E-state index contributed by atoms with van der Waals surface area (Å²) in [6, 6.07) is 0.355. The highest BCUT2D eigenvalue weighted by atomic mass is 16.1. The molecule has 1 aromatic rings. The largest absolute Gasteiger partial charge is 0.369 e. The standard InChI is InChI=1S/C12H18N4O/c1-16-7-3-2-4-9(16)10-8-5-6-13-11(8)15-12(17)14-10/h9H,2-7H2,1H3,(H2,13,14,15,17). The number of aromatic nitrogens is 2. The third kappa shape index (κ3) is 1.84. The van der Waals surface area contributed by atoms with Crippen molar-refractivity contribution in [3.63, 3.8) is 0 Å². The van der Waals surface area contributed by atoms with Gasteiger partial charge in [0.15, 0.2) is 0 Å². The zero-order valence-electron chi connectivity index (χ0n) is 10.1.